The van der Waals surface area contributed by atoms with Crippen molar-refractivity contribution >= 4 is 22.6 Å². The second-order valence-corrected chi connectivity index (χ2v) is 6.55. The Balaban J connectivity index is 1.56. The highest BCUT2D eigenvalue weighted by Gasteiger charge is 2.12. The second kappa shape index (κ2) is 6.88. The van der Waals surface area contributed by atoms with Gasteiger partial charge in [0.2, 0.25) is 5.91 Å². The number of nitrogens with one attached hydrogen (secondary N) is 1. The third kappa shape index (κ3) is 3.36. The van der Waals surface area contributed by atoms with Gasteiger partial charge in [-0.2, -0.15) is 10.2 Å². The molecule has 0 saturated heterocycles. The van der Waals surface area contributed by atoms with E-state index in [1.165, 1.54) is 6.07 Å². The van der Waals surface area contributed by atoms with Crippen molar-refractivity contribution in [2.24, 2.45) is 7.05 Å². The van der Waals surface area contributed by atoms with Gasteiger partial charge in [0.15, 0.2) is 11.6 Å². The Kier molecular flexibility index (Phi) is 4.38. The monoisotopic (exact) mass is 381 g/mol. The highest BCUT2D eigenvalue weighted by Crippen LogP contribution is 2.25. The fourth-order valence-corrected chi connectivity index (χ4v) is 3.11. The van der Waals surface area contributed by atoms with Crippen molar-refractivity contribution in [2.75, 3.05) is 5.32 Å². The van der Waals surface area contributed by atoms with E-state index < -0.39 is 11.6 Å². The van der Waals surface area contributed by atoms with Gasteiger partial charge >= 0.3 is 0 Å². The van der Waals surface area contributed by atoms with Gasteiger partial charge in [0.1, 0.15) is 12.4 Å². The van der Waals surface area contributed by atoms with E-state index in [0.717, 1.165) is 34.3 Å². The maximum Gasteiger partial charge on any atom is 0.247 e. The number of carbonyl (C=O) groups excluding carboxylic acids is 1. The Morgan fingerprint density at radius 3 is 2.54 bits per heavy atom. The van der Waals surface area contributed by atoms with E-state index >= 15 is 0 Å². The van der Waals surface area contributed by atoms with Gasteiger partial charge < -0.3 is 5.32 Å². The van der Waals surface area contributed by atoms with E-state index in [-0.39, 0.29) is 12.5 Å². The first-order valence-electron chi connectivity index (χ1n) is 8.62. The highest BCUT2D eigenvalue weighted by atomic mass is 19.2. The molecule has 0 aliphatic rings. The molecule has 0 aliphatic heterocycles. The summed E-state index contributed by atoms with van der Waals surface area (Å²) in [6.45, 7) is 1.89. The number of halogens is 2. The molecule has 6 nitrogen and oxygen atoms in total. The zero-order valence-electron chi connectivity index (χ0n) is 15.3. The lowest BCUT2D eigenvalue weighted by Crippen LogP contribution is -2.20. The summed E-state index contributed by atoms with van der Waals surface area (Å²) in [5.74, 6) is -1.39. The third-order valence-electron chi connectivity index (χ3n) is 4.46. The van der Waals surface area contributed by atoms with Crippen LogP contribution in [0.25, 0.3) is 22.0 Å². The highest BCUT2D eigenvalue weighted by molar-refractivity contribution is 5.91. The van der Waals surface area contributed by atoms with Crippen LogP contribution in [0.4, 0.5) is 14.6 Å². The maximum atomic E-state index is 13.5. The van der Waals surface area contributed by atoms with E-state index in [1.807, 2.05) is 13.0 Å². The lowest BCUT2D eigenvalue weighted by atomic mass is 10.0. The van der Waals surface area contributed by atoms with Crippen molar-refractivity contribution in [1.82, 2.24) is 19.6 Å². The van der Waals surface area contributed by atoms with Crippen molar-refractivity contribution in [3.05, 3.63) is 66.0 Å². The number of anilines is 1. The number of nitrogens with zero attached hydrogens (tertiary/aromatic N) is 4. The molecular formula is C20H17F2N5O. The molecule has 28 heavy (non-hydrogen) atoms. The molecule has 0 aliphatic carbocycles. The van der Waals surface area contributed by atoms with E-state index in [2.05, 4.69) is 15.5 Å². The molecule has 0 bridgehead atoms. The molecule has 0 atom stereocenters. The van der Waals surface area contributed by atoms with Crippen LogP contribution in [0.3, 0.4) is 0 Å². The van der Waals surface area contributed by atoms with Crippen LogP contribution < -0.4 is 5.32 Å². The van der Waals surface area contributed by atoms with Crippen molar-refractivity contribution < 1.29 is 13.6 Å². The van der Waals surface area contributed by atoms with Crippen LogP contribution in [-0.2, 0) is 18.4 Å². The van der Waals surface area contributed by atoms with Gasteiger partial charge in [-0.15, -0.1) is 0 Å². The lowest BCUT2D eigenvalue weighted by Gasteiger charge is -2.07. The minimum Gasteiger partial charge on any atom is -0.309 e. The zero-order valence-corrected chi connectivity index (χ0v) is 15.3. The van der Waals surface area contributed by atoms with Crippen LogP contribution in [-0.4, -0.2) is 25.5 Å². The number of benzene rings is 2. The standard InChI is InChI=1S/C20H17F2N5O/c1-12-7-19(26(2)25-12)24-20(28)11-27-18-6-4-13(8-15(18)10-23-27)14-3-5-16(21)17(22)9-14/h3-10H,11H2,1-2H3,(H,24,28). The van der Waals surface area contributed by atoms with Crippen molar-refractivity contribution in [3.8, 4) is 11.1 Å². The fraction of sp³-hybridized carbons (Fsp3) is 0.150. The van der Waals surface area contributed by atoms with E-state index in [9.17, 15) is 13.6 Å². The average Bonchev–Trinajstić information content (AvgIpc) is 3.19. The van der Waals surface area contributed by atoms with Crippen molar-refractivity contribution in [1.29, 1.82) is 0 Å². The average molecular weight is 381 g/mol. The molecule has 4 aromatic rings. The first kappa shape index (κ1) is 17.8. The summed E-state index contributed by atoms with van der Waals surface area (Å²) < 4.78 is 29.8. The van der Waals surface area contributed by atoms with E-state index in [4.69, 9.17) is 0 Å². The Bertz CT molecular complexity index is 1190. The number of aryl methyl sites for hydroxylation is 2. The topological polar surface area (TPSA) is 64.7 Å². The Hall–Kier alpha value is -3.55. The summed E-state index contributed by atoms with van der Waals surface area (Å²) in [5.41, 5.74) is 2.88. The third-order valence-corrected chi connectivity index (χ3v) is 4.46. The zero-order chi connectivity index (χ0) is 19.8. The number of carbonyl (C=O) groups is 1. The predicted molar refractivity (Wildman–Crippen MR) is 102 cm³/mol. The summed E-state index contributed by atoms with van der Waals surface area (Å²) in [5, 5.41) is 12.1. The predicted octanol–water partition coefficient (Wildman–Crippen LogP) is 3.66. The van der Waals surface area contributed by atoms with Crippen LogP contribution in [0.5, 0.6) is 0 Å². The lowest BCUT2D eigenvalue weighted by molar-refractivity contribution is -0.116. The SMILES string of the molecule is Cc1cc(NC(=O)Cn2ncc3cc(-c4ccc(F)c(F)c4)ccc32)n(C)n1. The fourth-order valence-electron chi connectivity index (χ4n) is 3.11. The number of hydrogen-bond acceptors (Lipinski definition) is 3. The van der Waals surface area contributed by atoms with Gasteiger partial charge in [0.05, 0.1) is 17.4 Å². The quantitative estimate of drug-likeness (QED) is 0.587. The van der Waals surface area contributed by atoms with Crippen LogP contribution in [0.1, 0.15) is 5.69 Å². The molecule has 0 unspecified atom stereocenters. The summed E-state index contributed by atoms with van der Waals surface area (Å²) >= 11 is 0. The number of hydrogen-bond donors (Lipinski definition) is 1. The van der Waals surface area contributed by atoms with Gasteiger partial charge in [-0.25, -0.2) is 8.78 Å². The first-order chi connectivity index (χ1) is 13.4. The maximum absolute atomic E-state index is 13.5. The minimum absolute atomic E-state index is 0.0399. The molecule has 8 heteroatoms. The molecule has 2 heterocycles. The molecule has 1 amide bonds. The van der Waals surface area contributed by atoms with E-state index in [0.29, 0.717) is 11.4 Å². The molecule has 2 aromatic carbocycles. The number of amides is 1. The summed E-state index contributed by atoms with van der Waals surface area (Å²) in [6.07, 6.45) is 1.64. The van der Waals surface area contributed by atoms with Gasteiger partial charge in [-0.3, -0.25) is 14.2 Å². The molecule has 0 spiro atoms. The molecule has 0 fully saturated rings. The molecule has 2 aromatic heterocycles. The summed E-state index contributed by atoms with van der Waals surface area (Å²) in [6, 6.07) is 11.0. The molecule has 0 radical (unpaired) electrons. The number of aromatic nitrogens is 4. The van der Waals surface area contributed by atoms with E-state index in [1.54, 1.807) is 40.8 Å². The Morgan fingerprint density at radius 2 is 1.82 bits per heavy atom. The van der Waals surface area contributed by atoms with Crippen LogP contribution in [0, 0.1) is 18.6 Å². The van der Waals surface area contributed by atoms with Crippen molar-refractivity contribution in [2.45, 2.75) is 13.5 Å². The number of fused-ring (bicyclic) bond motifs is 1. The van der Waals surface area contributed by atoms with Gasteiger partial charge in [0, 0.05) is 18.5 Å². The number of rotatable bonds is 4. The molecule has 0 saturated carbocycles. The molecular weight excluding hydrogens is 364 g/mol. The Labute approximate surface area is 159 Å². The normalized spacial score (nSPS) is 11.1. The first-order valence-corrected chi connectivity index (χ1v) is 8.62. The van der Waals surface area contributed by atoms with Gasteiger partial charge in [-0.1, -0.05) is 12.1 Å². The van der Waals surface area contributed by atoms with Crippen LogP contribution in [0.2, 0.25) is 0 Å². The second-order valence-electron chi connectivity index (χ2n) is 6.55. The summed E-state index contributed by atoms with van der Waals surface area (Å²) in [4.78, 5) is 12.4. The van der Waals surface area contributed by atoms with Crippen molar-refractivity contribution in [3.63, 3.8) is 0 Å². The van der Waals surface area contributed by atoms with Gasteiger partial charge in [0.25, 0.3) is 0 Å². The minimum atomic E-state index is -0.893. The Morgan fingerprint density at radius 1 is 1.07 bits per heavy atom. The van der Waals surface area contributed by atoms with Crippen LogP contribution in [0.15, 0.2) is 48.7 Å². The summed E-state index contributed by atoms with van der Waals surface area (Å²) in [7, 11) is 1.76. The molecule has 4 rings (SSSR count). The molecule has 142 valence electrons. The molecule has 1 N–H and O–H groups in total. The smallest absolute Gasteiger partial charge is 0.247 e. The van der Waals surface area contributed by atoms with Gasteiger partial charge in [-0.05, 0) is 42.3 Å². The largest absolute Gasteiger partial charge is 0.309 e. The van der Waals surface area contributed by atoms with Crippen LogP contribution >= 0.6 is 0 Å².